The molecule has 0 aromatic carbocycles. The molecule has 6 heavy (non-hydrogen) atoms. The zero-order valence-corrected chi connectivity index (χ0v) is 10.1. The molecule has 0 aromatic heterocycles. The maximum Gasteiger partial charge on any atom is 0.151 e. The zero-order chi connectivity index (χ0) is 3.41. The first-order valence-electron chi connectivity index (χ1n) is 0.836. The van der Waals surface area contributed by atoms with E-state index in [1.807, 2.05) is 0 Å². The van der Waals surface area contributed by atoms with Crippen molar-refractivity contribution in [2.75, 3.05) is 7.11 Å². The molecule has 0 amide bonds. The average Bonchev–Trinajstić information content (AvgIpc) is 1.37. The minimum atomic E-state index is -0.360. The molecule has 0 aliphatic heterocycles. The van der Waals surface area contributed by atoms with Gasteiger partial charge in [-0.15, -0.1) is 0 Å². The standard InChI is InChI=1S/CH5O2P.W.Y/c1-3-4-2;;/h2,4H,1H3;;. The second-order valence-corrected chi connectivity index (χ2v) is 0.886. The van der Waals surface area contributed by atoms with Crippen molar-refractivity contribution in [2.45, 2.75) is 0 Å². The molecule has 0 aliphatic rings. The van der Waals surface area contributed by atoms with Crippen LogP contribution in [0.2, 0.25) is 0 Å². The van der Waals surface area contributed by atoms with Gasteiger partial charge in [0.15, 0.2) is 9.03 Å². The Bertz CT molecular complexity index is 15.5. The molecule has 0 rings (SSSR count). The van der Waals surface area contributed by atoms with E-state index in [4.69, 9.17) is 4.89 Å². The maximum absolute atomic E-state index is 7.68. The molecule has 0 fully saturated rings. The molecule has 0 saturated carbocycles. The number of hydrogen-bond donors (Lipinski definition) is 1. The third kappa shape index (κ3) is 16.4. The van der Waals surface area contributed by atoms with Crippen LogP contribution in [-0.2, 0) is 58.3 Å². The minimum absolute atomic E-state index is 0. The fourth-order valence-electron chi connectivity index (χ4n) is 0. The molecule has 2 nitrogen and oxygen atoms in total. The Hall–Kier alpha value is 2.14. The summed E-state index contributed by atoms with van der Waals surface area (Å²) in [5, 5.41) is 0. The molecule has 0 aliphatic carbocycles. The van der Waals surface area contributed by atoms with Crippen LogP contribution in [0.3, 0.4) is 0 Å². The van der Waals surface area contributed by atoms with E-state index in [0.29, 0.717) is 0 Å². The molecule has 0 aromatic rings. The Kier molecular flexibility index (Phi) is 41.1. The van der Waals surface area contributed by atoms with Crippen LogP contribution >= 0.6 is 9.03 Å². The largest absolute Gasteiger partial charge is 0.352 e. The van der Waals surface area contributed by atoms with E-state index < -0.39 is 0 Å². The predicted molar refractivity (Wildman–Crippen MR) is 17.5 cm³/mol. The van der Waals surface area contributed by atoms with Gasteiger partial charge in [0.05, 0.1) is 0 Å². The van der Waals surface area contributed by atoms with Crippen LogP contribution in [0.25, 0.3) is 0 Å². The third-order valence-corrected chi connectivity index (χ3v) is 0.274. The summed E-state index contributed by atoms with van der Waals surface area (Å²) in [4.78, 5) is 7.68. The van der Waals surface area contributed by atoms with Gasteiger partial charge in [-0.25, -0.2) is 0 Å². The van der Waals surface area contributed by atoms with Crippen LogP contribution in [0.15, 0.2) is 0 Å². The van der Waals surface area contributed by atoms with Crippen LogP contribution in [-0.4, -0.2) is 12.0 Å². The first-order valence-corrected chi connectivity index (χ1v) is 1.69. The number of hydrogen-bond acceptors (Lipinski definition) is 2. The van der Waals surface area contributed by atoms with Crippen molar-refractivity contribution in [1.82, 2.24) is 0 Å². The summed E-state index contributed by atoms with van der Waals surface area (Å²) in [6.07, 6.45) is 0. The SMILES string of the molecule is COPO.[W].[Y]. The van der Waals surface area contributed by atoms with Gasteiger partial charge in [-0.2, -0.15) is 0 Å². The van der Waals surface area contributed by atoms with Gasteiger partial charge in [0.25, 0.3) is 0 Å². The molecular formula is CH5O2PWY. The second kappa shape index (κ2) is 15.7. The predicted octanol–water partition coefficient (Wildman–Crippen LogP) is 0.129. The summed E-state index contributed by atoms with van der Waals surface area (Å²) < 4.78 is 4.12. The summed E-state index contributed by atoms with van der Waals surface area (Å²) in [6, 6.07) is 0. The first kappa shape index (κ1) is 15.7. The van der Waals surface area contributed by atoms with Gasteiger partial charge in [0.2, 0.25) is 0 Å². The smallest absolute Gasteiger partial charge is 0.151 e. The van der Waals surface area contributed by atoms with E-state index in [-0.39, 0.29) is 62.8 Å². The first-order chi connectivity index (χ1) is 1.91. The van der Waals surface area contributed by atoms with E-state index in [9.17, 15) is 0 Å². The van der Waals surface area contributed by atoms with Crippen LogP contribution in [0.5, 0.6) is 0 Å². The topological polar surface area (TPSA) is 29.5 Å². The van der Waals surface area contributed by atoms with Crippen molar-refractivity contribution in [1.29, 1.82) is 0 Å². The average molecular weight is 353 g/mol. The fraction of sp³-hybridized carbons (Fsp3) is 1.00. The summed E-state index contributed by atoms with van der Waals surface area (Å²) in [6.45, 7) is 0. The van der Waals surface area contributed by atoms with Crippen molar-refractivity contribution in [3.05, 3.63) is 0 Å². The summed E-state index contributed by atoms with van der Waals surface area (Å²) in [5.74, 6) is 0. The Balaban J connectivity index is -0.0000000450. The van der Waals surface area contributed by atoms with Crippen molar-refractivity contribution < 1.29 is 63.2 Å². The van der Waals surface area contributed by atoms with Gasteiger partial charge in [0, 0.05) is 60.9 Å². The number of rotatable bonds is 1. The molecule has 0 saturated heterocycles. The van der Waals surface area contributed by atoms with Crippen molar-refractivity contribution in [3.63, 3.8) is 0 Å². The molecular weight excluding hydrogens is 348 g/mol. The van der Waals surface area contributed by atoms with E-state index in [1.165, 1.54) is 7.11 Å². The normalized spacial score (nSPS) is 7.00. The van der Waals surface area contributed by atoms with Gasteiger partial charge in [-0.3, -0.25) is 0 Å². The Labute approximate surface area is 78.5 Å². The van der Waals surface area contributed by atoms with Gasteiger partial charge in [-0.1, -0.05) is 0 Å². The Morgan fingerprint density at radius 1 is 1.67 bits per heavy atom. The molecule has 1 radical (unpaired) electrons. The molecule has 5 heteroatoms. The van der Waals surface area contributed by atoms with Crippen molar-refractivity contribution in [3.8, 4) is 0 Å². The van der Waals surface area contributed by atoms with Gasteiger partial charge < -0.3 is 9.42 Å². The molecule has 35 valence electrons. The second-order valence-electron chi connectivity index (χ2n) is 0.295. The summed E-state index contributed by atoms with van der Waals surface area (Å²) >= 11 is 0. The zero-order valence-electron chi connectivity index (χ0n) is 3.34. The molecule has 0 bridgehead atoms. The van der Waals surface area contributed by atoms with Gasteiger partial charge >= 0.3 is 0 Å². The van der Waals surface area contributed by atoms with Crippen LogP contribution < -0.4 is 0 Å². The van der Waals surface area contributed by atoms with Gasteiger partial charge in [0.1, 0.15) is 0 Å². The summed E-state index contributed by atoms with van der Waals surface area (Å²) in [5.41, 5.74) is 0. The third-order valence-electron chi connectivity index (χ3n) is 0.0913. The Morgan fingerprint density at radius 2 is 1.83 bits per heavy atom. The molecule has 1 atom stereocenters. The van der Waals surface area contributed by atoms with Gasteiger partial charge in [-0.05, 0) is 0 Å². The Morgan fingerprint density at radius 3 is 1.83 bits per heavy atom. The quantitative estimate of drug-likeness (QED) is 0.680. The fourth-order valence-corrected chi connectivity index (χ4v) is 0. The van der Waals surface area contributed by atoms with Crippen molar-refractivity contribution >= 4 is 9.03 Å². The molecule has 0 spiro atoms. The minimum Gasteiger partial charge on any atom is -0.352 e. The molecule has 1 N–H and O–H groups in total. The van der Waals surface area contributed by atoms with E-state index in [1.54, 1.807) is 0 Å². The molecule has 0 heterocycles. The maximum atomic E-state index is 7.68. The van der Waals surface area contributed by atoms with Crippen LogP contribution in [0, 0.1) is 0 Å². The van der Waals surface area contributed by atoms with Crippen molar-refractivity contribution in [2.24, 2.45) is 0 Å². The van der Waals surface area contributed by atoms with E-state index in [0.717, 1.165) is 0 Å². The van der Waals surface area contributed by atoms with Crippen LogP contribution in [0.4, 0.5) is 0 Å². The van der Waals surface area contributed by atoms with Crippen LogP contribution in [0.1, 0.15) is 0 Å². The molecule has 1 unspecified atom stereocenters. The van der Waals surface area contributed by atoms with E-state index >= 15 is 0 Å². The summed E-state index contributed by atoms with van der Waals surface area (Å²) in [7, 11) is 1.08. The monoisotopic (exact) mass is 353 g/mol. The van der Waals surface area contributed by atoms with E-state index in [2.05, 4.69) is 4.52 Å².